The lowest BCUT2D eigenvalue weighted by Gasteiger charge is -2.28. The molecule has 0 spiro atoms. The summed E-state index contributed by atoms with van der Waals surface area (Å²) in [5.41, 5.74) is 1.49. The molecule has 0 aliphatic heterocycles. The highest BCUT2D eigenvalue weighted by atomic mass is 35.5. The summed E-state index contributed by atoms with van der Waals surface area (Å²) in [5.74, 6) is -0.00592. The van der Waals surface area contributed by atoms with Crippen molar-refractivity contribution >= 4 is 17.3 Å². The van der Waals surface area contributed by atoms with Crippen LogP contribution in [-0.2, 0) is 5.88 Å². The third kappa shape index (κ3) is 2.88. The Labute approximate surface area is 102 Å². The zero-order valence-electron chi connectivity index (χ0n) is 10.1. The molecule has 0 fully saturated rings. The van der Waals surface area contributed by atoms with Gasteiger partial charge in [-0.2, -0.15) is 0 Å². The monoisotopic (exact) mass is 243 g/mol. The molecule has 1 rings (SSSR count). The van der Waals surface area contributed by atoms with E-state index in [1.807, 2.05) is 13.1 Å². The van der Waals surface area contributed by atoms with E-state index in [0.29, 0.717) is 11.6 Å². The van der Waals surface area contributed by atoms with E-state index in [1.165, 1.54) is 6.07 Å². The fraction of sp³-hybridized carbons (Fsp3) is 0.538. The van der Waals surface area contributed by atoms with Crippen molar-refractivity contribution in [1.29, 1.82) is 0 Å². The van der Waals surface area contributed by atoms with Gasteiger partial charge < -0.3 is 4.90 Å². The molecule has 1 unspecified atom stereocenters. The molecule has 0 N–H and O–H groups in total. The lowest BCUT2D eigenvalue weighted by Crippen LogP contribution is -2.29. The Balaban J connectivity index is 2.98. The van der Waals surface area contributed by atoms with Crippen LogP contribution >= 0.6 is 11.6 Å². The molecular formula is C13H19ClFN. The normalized spacial score (nSPS) is 12.6. The Morgan fingerprint density at radius 3 is 2.69 bits per heavy atom. The van der Waals surface area contributed by atoms with E-state index in [2.05, 4.69) is 18.7 Å². The number of alkyl halides is 1. The van der Waals surface area contributed by atoms with E-state index >= 15 is 0 Å². The first-order valence-corrected chi connectivity index (χ1v) is 6.21. The molecule has 0 saturated heterocycles. The van der Waals surface area contributed by atoms with Crippen LogP contribution in [0.4, 0.5) is 10.1 Å². The molecule has 3 heteroatoms. The second-order valence-corrected chi connectivity index (χ2v) is 4.39. The molecule has 1 atom stereocenters. The smallest absolute Gasteiger partial charge is 0.129 e. The summed E-state index contributed by atoms with van der Waals surface area (Å²) in [6.07, 6.45) is 2.21. The quantitative estimate of drug-likeness (QED) is 0.701. The molecule has 1 nitrogen and oxygen atoms in total. The summed E-state index contributed by atoms with van der Waals surface area (Å²) < 4.78 is 13.5. The lowest BCUT2D eigenvalue weighted by molar-refractivity contribution is 0.598. The van der Waals surface area contributed by atoms with Crippen LogP contribution in [0.1, 0.15) is 32.3 Å². The highest BCUT2D eigenvalue weighted by molar-refractivity contribution is 6.17. The van der Waals surface area contributed by atoms with Gasteiger partial charge in [0, 0.05) is 24.3 Å². The molecule has 0 amide bonds. The maximum atomic E-state index is 13.5. The van der Waals surface area contributed by atoms with Crippen LogP contribution in [0.15, 0.2) is 18.2 Å². The highest BCUT2D eigenvalue weighted by Crippen LogP contribution is 2.26. The van der Waals surface area contributed by atoms with E-state index in [9.17, 15) is 4.39 Å². The lowest BCUT2D eigenvalue weighted by atomic mass is 10.1. The van der Waals surface area contributed by atoms with Crippen molar-refractivity contribution in [2.45, 2.75) is 38.6 Å². The first-order valence-electron chi connectivity index (χ1n) is 5.68. The molecule has 1 aromatic carbocycles. The minimum Gasteiger partial charge on any atom is -0.372 e. The van der Waals surface area contributed by atoms with Crippen LogP contribution in [0, 0.1) is 5.82 Å². The molecule has 16 heavy (non-hydrogen) atoms. The maximum Gasteiger partial charge on any atom is 0.129 e. The van der Waals surface area contributed by atoms with E-state index in [4.69, 9.17) is 11.6 Å². The Hall–Kier alpha value is -0.760. The van der Waals surface area contributed by atoms with Crippen molar-refractivity contribution in [3.63, 3.8) is 0 Å². The van der Waals surface area contributed by atoms with Gasteiger partial charge in [-0.25, -0.2) is 4.39 Å². The van der Waals surface area contributed by atoms with Crippen LogP contribution in [0.3, 0.4) is 0 Å². The fourth-order valence-corrected chi connectivity index (χ4v) is 2.12. The van der Waals surface area contributed by atoms with Gasteiger partial charge in [0.25, 0.3) is 0 Å². The SMILES string of the molecule is CCCC(C)N(C)c1cccc(F)c1CCl. The van der Waals surface area contributed by atoms with Gasteiger partial charge in [0.1, 0.15) is 5.82 Å². The molecule has 0 aromatic heterocycles. The third-order valence-corrected chi connectivity index (χ3v) is 3.24. The molecule has 1 aromatic rings. The first kappa shape index (κ1) is 13.3. The Morgan fingerprint density at radius 2 is 2.12 bits per heavy atom. The van der Waals surface area contributed by atoms with Crippen LogP contribution in [0.5, 0.6) is 0 Å². The van der Waals surface area contributed by atoms with Gasteiger partial charge in [-0.3, -0.25) is 0 Å². The topological polar surface area (TPSA) is 3.24 Å². The molecule has 0 heterocycles. The van der Waals surface area contributed by atoms with Crippen molar-refractivity contribution in [1.82, 2.24) is 0 Å². The average molecular weight is 244 g/mol. The van der Waals surface area contributed by atoms with Gasteiger partial charge >= 0.3 is 0 Å². The molecular weight excluding hydrogens is 225 g/mol. The fourth-order valence-electron chi connectivity index (χ4n) is 1.86. The summed E-state index contributed by atoms with van der Waals surface area (Å²) in [6, 6.07) is 5.51. The number of halogens is 2. The zero-order chi connectivity index (χ0) is 12.1. The standard InChI is InChI=1S/C13H19ClFN/c1-4-6-10(2)16(3)13-8-5-7-12(15)11(13)9-14/h5,7-8,10H,4,6,9H2,1-3H3. The molecule has 90 valence electrons. The van der Waals surface area contributed by atoms with Crippen LogP contribution in [0.25, 0.3) is 0 Å². The Bertz CT molecular complexity index is 341. The second-order valence-electron chi connectivity index (χ2n) is 4.12. The molecule has 0 aliphatic rings. The van der Waals surface area contributed by atoms with Crippen molar-refractivity contribution in [2.75, 3.05) is 11.9 Å². The number of hydrogen-bond acceptors (Lipinski definition) is 1. The highest BCUT2D eigenvalue weighted by Gasteiger charge is 2.14. The second kappa shape index (κ2) is 6.09. The van der Waals surface area contributed by atoms with Gasteiger partial charge in [-0.15, -0.1) is 11.6 Å². The average Bonchev–Trinajstić information content (AvgIpc) is 2.28. The largest absolute Gasteiger partial charge is 0.372 e. The van der Waals surface area contributed by atoms with Crippen LogP contribution in [-0.4, -0.2) is 13.1 Å². The van der Waals surface area contributed by atoms with Crippen molar-refractivity contribution in [2.24, 2.45) is 0 Å². The number of nitrogens with zero attached hydrogens (tertiary/aromatic N) is 1. The minimum atomic E-state index is -0.219. The van der Waals surface area contributed by atoms with E-state index in [1.54, 1.807) is 6.07 Å². The van der Waals surface area contributed by atoms with Crippen molar-refractivity contribution < 1.29 is 4.39 Å². The first-order chi connectivity index (χ1) is 7.61. The Morgan fingerprint density at radius 1 is 1.44 bits per heavy atom. The predicted molar refractivity (Wildman–Crippen MR) is 68.7 cm³/mol. The van der Waals surface area contributed by atoms with Crippen LogP contribution < -0.4 is 4.90 Å². The molecule has 0 radical (unpaired) electrons. The molecule has 0 aliphatic carbocycles. The van der Waals surface area contributed by atoms with Gasteiger partial charge in [0.05, 0.1) is 5.88 Å². The van der Waals surface area contributed by atoms with Crippen molar-refractivity contribution in [3.8, 4) is 0 Å². The van der Waals surface area contributed by atoms with Gasteiger partial charge in [0.2, 0.25) is 0 Å². The minimum absolute atomic E-state index is 0.213. The third-order valence-electron chi connectivity index (χ3n) is 2.98. The molecule has 0 bridgehead atoms. The van der Waals surface area contributed by atoms with E-state index < -0.39 is 0 Å². The number of anilines is 1. The predicted octanol–water partition coefficient (Wildman–Crippen LogP) is 4.19. The molecule has 0 saturated carbocycles. The number of hydrogen-bond donors (Lipinski definition) is 0. The Kier molecular flexibility index (Phi) is 5.07. The van der Waals surface area contributed by atoms with E-state index in [-0.39, 0.29) is 11.7 Å². The van der Waals surface area contributed by atoms with Crippen LogP contribution in [0.2, 0.25) is 0 Å². The summed E-state index contributed by atoms with van der Waals surface area (Å²) in [5, 5.41) is 0. The van der Waals surface area contributed by atoms with E-state index in [0.717, 1.165) is 18.5 Å². The summed E-state index contributed by atoms with van der Waals surface area (Å²) in [7, 11) is 1.99. The summed E-state index contributed by atoms with van der Waals surface area (Å²) in [4.78, 5) is 2.10. The summed E-state index contributed by atoms with van der Waals surface area (Å²) in [6.45, 7) is 4.30. The van der Waals surface area contributed by atoms with Crippen molar-refractivity contribution in [3.05, 3.63) is 29.6 Å². The van der Waals surface area contributed by atoms with Gasteiger partial charge in [0.15, 0.2) is 0 Å². The van der Waals surface area contributed by atoms with Gasteiger partial charge in [-0.1, -0.05) is 19.4 Å². The van der Waals surface area contributed by atoms with Gasteiger partial charge in [-0.05, 0) is 25.5 Å². The summed E-state index contributed by atoms with van der Waals surface area (Å²) >= 11 is 5.80. The number of rotatable bonds is 5. The zero-order valence-corrected chi connectivity index (χ0v) is 10.9. The maximum absolute atomic E-state index is 13.5. The number of benzene rings is 1.